The lowest BCUT2D eigenvalue weighted by Crippen LogP contribution is -1.99. The molecule has 0 aromatic heterocycles. The fraction of sp³-hybridized carbons (Fsp3) is 0.929. The van der Waals surface area contributed by atoms with Crippen molar-refractivity contribution >= 4 is 6.29 Å². The lowest BCUT2D eigenvalue weighted by molar-refractivity contribution is -0.111. The zero-order chi connectivity index (χ0) is 11.4. The molecule has 0 spiro atoms. The van der Waals surface area contributed by atoms with Crippen molar-refractivity contribution in [2.75, 3.05) is 0 Å². The average molecular weight is 212 g/mol. The van der Waals surface area contributed by atoms with Gasteiger partial charge in [-0.25, -0.2) is 0 Å². The van der Waals surface area contributed by atoms with Gasteiger partial charge in [0, 0.05) is 5.92 Å². The Morgan fingerprint density at radius 3 is 1.87 bits per heavy atom. The Labute approximate surface area is 95.6 Å². The van der Waals surface area contributed by atoms with E-state index in [0.717, 1.165) is 19.1 Å². The molecule has 0 saturated heterocycles. The van der Waals surface area contributed by atoms with E-state index in [1.54, 1.807) is 0 Å². The zero-order valence-electron chi connectivity index (χ0n) is 10.6. The smallest absolute Gasteiger partial charge is 0.123 e. The molecule has 0 aromatic rings. The second-order valence-electron chi connectivity index (χ2n) is 4.57. The van der Waals surface area contributed by atoms with E-state index in [0.29, 0.717) is 5.92 Å². The molecule has 0 aromatic carbocycles. The highest BCUT2D eigenvalue weighted by atomic mass is 16.1. The summed E-state index contributed by atoms with van der Waals surface area (Å²) in [6, 6.07) is 0. The minimum atomic E-state index is 0.324. The number of unbranched alkanes of at least 4 members (excludes halogenated alkanes) is 7. The van der Waals surface area contributed by atoms with E-state index in [2.05, 4.69) is 13.8 Å². The zero-order valence-corrected chi connectivity index (χ0v) is 10.6. The van der Waals surface area contributed by atoms with Crippen molar-refractivity contribution in [1.29, 1.82) is 0 Å². The normalized spacial score (nSPS) is 12.7. The summed E-state index contributed by atoms with van der Waals surface area (Å²) in [5, 5.41) is 0. The summed E-state index contributed by atoms with van der Waals surface area (Å²) >= 11 is 0. The molecule has 90 valence electrons. The number of hydrogen-bond acceptors (Lipinski definition) is 1. The van der Waals surface area contributed by atoms with Crippen molar-refractivity contribution in [3.05, 3.63) is 0 Å². The predicted octanol–water partition coefficient (Wildman–Crippen LogP) is 4.74. The third-order valence-corrected chi connectivity index (χ3v) is 3.15. The number of carbonyl (C=O) groups is 1. The SMILES string of the molecule is CCCCCCCCCCC(C=O)CC. The maximum Gasteiger partial charge on any atom is 0.123 e. The molecule has 0 N–H and O–H groups in total. The van der Waals surface area contributed by atoms with Gasteiger partial charge in [-0.05, 0) is 12.8 Å². The molecule has 1 unspecified atom stereocenters. The molecule has 0 aliphatic heterocycles. The number of hydrogen-bond donors (Lipinski definition) is 0. The summed E-state index contributed by atoms with van der Waals surface area (Å²) in [6.07, 6.45) is 14.1. The van der Waals surface area contributed by atoms with Crippen molar-refractivity contribution in [2.24, 2.45) is 5.92 Å². The first-order chi connectivity index (χ1) is 7.35. The highest BCUT2D eigenvalue weighted by molar-refractivity contribution is 5.53. The van der Waals surface area contributed by atoms with Crippen molar-refractivity contribution in [3.8, 4) is 0 Å². The van der Waals surface area contributed by atoms with Crippen LogP contribution >= 0.6 is 0 Å². The van der Waals surface area contributed by atoms with Crippen LogP contribution in [0.3, 0.4) is 0 Å². The lowest BCUT2D eigenvalue weighted by Gasteiger charge is -2.06. The number of rotatable bonds is 11. The summed E-state index contributed by atoms with van der Waals surface area (Å²) in [5.74, 6) is 0.324. The second-order valence-corrected chi connectivity index (χ2v) is 4.57. The molecule has 0 bridgehead atoms. The van der Waals surface area contributed by atoms with Gasteiger partial charge in [0.05, 0.1) is 0 Å². The van der Waals surface area contributed by atoms with Gasteiger partial charge in [-0.15, -0.1) is 0 Å². The lowest BCUT2D eigenvalue weighted by atomic mass is 9.99. The third-order valence-electron chi connectivity index (χ3n) is 3.15. The molecule has 0 saturated carbocycles. The van der Waals surface area contributed by atoms with Gasteiger partial charge >= 0.3 is 0 Å². The molecule has 15 heavy (non-hydrogen) atoms. The van der Waals surface area contributed by atoms with Crippen LogP contribution in [-0.2, 0) is 4.79 Å². The van der Waals surface area contributed by atoms with Gasteiger partial charge in [-0.1, -0.05) is 65.2 Å². The Balaban J connectivity index is 3.07. The van der Waals surface area contributed by atoms with E-state index in [9.17, 15) is 4.79 Å². The molecule has 0 heterocycles. The quantitative estimate of drug-likeness (QED) is 0.357. The van der Waals surface area contributed by atoms with Crippen LogP contribution in [0.2, 0.25) is 0 Å². The minimum Gasteiger partial charge on any atom is -0.303 e. The summed E-state index contributed by atoms with van der Waals surface area (Å²) in [4.78, 5) is 10.6. The minimum absolute atomic E-state index is 0.324. The topological polar surface area (TPSA) is 17.1 Å². The van der Waals surface area contributed by atoms with E-state index in [-0.39, 0.29) is 0 Å². The maximum absolute atomic E-state index is 10.6. The fourth-order valence-corrected chi connectivity index (χ4v) is 1.91. The van der Waals surface area contributed by atoms with Gasteiger partial charge in [0.25, 0.3) is 0 Å². The monoisotopic (exact) mass is 212 g/mol. The molecule has 0 aliphatic rings. The van der Waals surface area contributed by atoms with E-state index in [1.165, 1.54) is 51.4 Å². The van der Waals surface area contributed by atoms with Gasteiger partial charge in [0.1, 0.15) is 6.29 Å². The number of carbonyl (C=O) groups excluding carboxylic acids is 1. The van der Waals surface area contributed by atoms with Crippen LogP contribution < -0.4 is 0 Å². The van der Waals surface area contributed by atoms with E-state index < -0.39 is 0 Å². The molecular formula is C14H28O. The molecule has 0 fully saturated rings. The van der Waals surface area contributed by atoms with Gasteiger partial charge in [-0.2, -0.15) is 0 Å². The van der Waals surface area contributed by atoms with Crippen LogP contribution in [-0.4, -0.2) is 6.29 Å². The van der Waals surface area contributed by atoms with Gasteiger partial charge in [0.2, 0.25) is 0 Å². The van der Waals surface area contributed by atoms with Gasteiger partial charge in [-0.3, -0.25) is 0 Å². The molecular weight excluding hydrogens is 184 g/mol. The summed E-state index contributed by atoms with van der Waals surface area (Å²) < 4.78 is 0. The molecule has 0 amide bonds. The Morgan fingerprint density at radius 1 is 0.867 bits per heavy atom. The molecule has 1 nitrogen and oxygen atoms in total. The first-order valence-electron chi connectivity index (χ1n) is 6.80. The highest BCUT2D eigenvalue weighted by Crippen LogP contribution is 2.13. The van der Waals surface area contributed by atoms with Crippen LogP contribution in [0.1, 0.15) is 78.1 Å². The Bertz CT molecular complexity index is 131. The molecule has 1 heteroatoms. The van der Waals surface area contributed by atoms with Crippen molar-refractivity contribution in [2.45, 2.75) is 78.1 Å². The van der Waals surface area contributed by atoms with Gasteiger partial charge < -0.3 is 4.79 Å². The maximum atomic E-state index is 10.6. The van der Waals surface area contributed by atoms with E-state index >= 15 is 0 Å². The van der Waals surface area contributed by atoms with Crippen molar-refractivity contribution in [1.82, 2.24) is 0 Å². The molecule has 0 rings (SSSR count). The van der Waals surface area contributed by atoms with Crippen molar-refractivity contribution in [3.63, 3.8) is 0 Å². The fourth-order valence-electron chi connectivity index (χ4n) is 1.91. The van der Waals surface area contributed by atoms with Crippen LogP contribution in [0.15, 0.2) is 0 Å². The molecule has 0 radical (unpaired) electrons. The Hall–Kier alpha value is -0.330. The molecule has 0 aliphatic carbocycles. The van der Waals surface area contributed by atoms with Crippen molar-refractivity contribution < 1.29 is 4.79 Å². The summed E-state index contributed by atoms with van der Waals surface area (Å²) in [6.45, 7) is 4.36. The van der Waals surface area contributed by atoms with E-state index in [4.69, 9.17) is 0 Å². The van der Waals surface area contributed by atoms with Crippen LogP contribution in [0.4, 0.5) is 0 Å². The number of aldehydes is 1. The predicted molar refractivity (Wildman–Crippen MR) is 67.1 cm³/mol. The summed E-state index contributed by atoms with van der Waals surface area (Å²) in [5.41, 5.74) is 0. The second kappa shape index (κ2) is 11.7. The summed E-state index contributed by atoms with van der Waals surface area (Å²) in [7, 11) is 0. The largest absolute Gasteiger partial charge is 0.303 e. The standard InChI is InChI=1S/C14H28O/c1-3-5-6-7-8-9-10-11-12-14(4-2)13-15/h13-14H,3-12H2,1-2H3. The molecule has 1 atom stereocenters. The van der Waals surface area contributed by atoms with Crippen LogP contribution in [0, 0.1) is 5.92 Å². The Kier molecular flexibility index (Phi) is 11.5. The average Bonchev–Trinajstić information content (AvgIpc) is 2.27. The Morgan fingerprint density at radius 2 is 1.40 bits per heavy atom. The first kappa shape index (κ1) is 14.7. The third kappa shape index (κ3) is 9.96. The van der Waals surface area contributed by atoms with E-state index in [1.807, 2.05) is 0 Å². The van der Waals surface area contributed by atoms with Crippen LogP contribution in [0.5, 0.6) is 0 Å². The van der Waals surface area contributed by atoms with Crippen LogP contribution in [0.25, 0.3) is 0 Å². The highest BCUT2D eigenvalue weighted by Gasteiger charge is 2.02. The van der Waals surface area contributed by atoms with Gasteiger partial charge in [0.15, 0.2) is 0 Å². The first-order valence-corrected chi connectivity index (χ1v) is 6.80.